The third-order valence-corrected chi connectivity index (χ3v) is 16.2. The maximum atomic E-state index is 13.7. The molecule has 0 unspecified atom stereocenters. The highest BCUT2D eigenvalue weighted by molar-refractivity contribution is 6.75. The maximum absolute atomic E-state index is 13.7. The highest BCUT2D eigenvalue weighted by Crippen LogP contribution is 2.43. The molecular weight excluding hydrogens is 446 g/mol. The second kappa shape index (κ2) is 10.5. The van der Waals surface area contributed by atoms with E-state index in [2.05, 4.69) is 67.7 Å². The third-order valence-electron chi connectivity index (χ3n) is 7.47. The van der Waals surface area contributed by atoms with Crippen LogP contribution in [0.4, 0.5) is 0 Å². The van der Waals surface area contributed by atoms with Gasteiger partial charge in [0.25, 0.3) is 14.2 Å². The van der Waals surface area contributed by atoms with Gasteiger partial charge in [-0.05, 0) is 62.6 Å². The summed E-state index contributed by atoms with van der Waals surface area (Å²) < 4.78 is 13.4. The first-order chi connectivity index (χ1) is 14.8. The number of carbonyl (C=O) groups is 1. The second-order valence-corrected chi connectivity index (χ2v) is 21.5. The van der Waals surface area contributed by atoms with E-state index in [1.54, 1.807) is 4.90 Å². The Hall–Kier alpha value is -1.32. The smallest absolute Gasteiger partial charge is 0.257 e. The Bertz CT molecular complexity index is 819. The topological polar surface area (TPSA) is 59.0 Å². The van der Waals surface area contributed by atoms with Crippen LogP contribution in [0.2, 0.25) is 36.3 Å². The monoisotopic (exact) mass is 495 g/mol. The van der Waals surface area contributed by atoms with Gasteiger partial charge in [-0.2, -0.15) is 0 Å². The lowest BCUT2D eigenvalue weighted by Gasteiger charge is -2.39. The number of hydrogen-bond acceptors (Lipinski definition) is 4. The van der Waals surface area contributed by atoms with Gasteiger partial charge in [0.1, 0.15) is 11.5 Å². The quantitative estimate of drug-likeness (QED) is 0.363. The van der Waals surface area contributed by atoms with Gasteiger partial charge in [-0.15, -0.1) is 0 Å². The van der Waals surface area contributed by atoms with Gasteiger partial charge >= 0.3 is 0 Å². The summed E-state index contributed by atoms with van der Waals surface area (Å²) >= 11 is 0. The van der Waals surface area contributed by atoms with E-state index in [0.717, 1.165) is 0 Å². The van der Waals surface area contributed by atoms with Crippen LogP contribution in [0, 0.1) is 0 Å². The van der Waals surface area contributed by atoms with Crippen molar-refractivity contribution < 1.29 is 18.8 Å². The van der Waals surface area contributed by atoms with Crippen LogP contribution in [-0.2, 0) is 0 Å². The van der Waals surface area contributed by atoms with Crippen LogP contribution in [0.3, 0.4) is 0 Å². The lowest BCUT2D eigenvalue weighted by atomic mass is 9.98. The molecule has 1 rings (SSSR count). The molecule has 33 heavy (non-hydrogen) atoms. The van der Waals surface area contributed by atoms with E-state index in [1.165, 1.54) is 0 Å². The van der Waals surface area contributed by atoms with E-state index in [0.29, 0.717) is 42.1 Å². The van der Waals surface area contributed by atoms with Crippen molar-refractivity contribution in [2.45, 2.75) is 111 Å². The molecule has 0 bridgehead atoms. The van der Waals surface area contributed by atoms with Gasteiger partial charge in [0.15, 0.2) is 0 Å². The van der Waals surface area contributed by atoms with Crippen LogP contribution in [0.5, 0.6) is 11.5 Å². The second-order valence-electron chi connectivity index (χ2n) is 12.0. The first kappa shape index (κ1) is 29.7. The van der Waals surface area contributed by atoms with Crippen LogP contribution >= 0.6 is 0 Å². The molecule has 0 saturated carbocycles. The summed E-state index contributed by atoms with van der Waals surface area (Å²) in [7, 11) is -4.39. The summed E-state index contributed by atoms with van der Waals surface area (Å²) in [6.07, 6.45) is -0.272. The number of aliphatic hydroxyl groups excluding tert-OH is 1. The van der Waals surface area contributed by atoms with E-state index in [-0.39, 0.29) is 16.0 Å². The molecule has 0 spiro atoms. The van der Waals surface area contributed by atoms with Gasteiger partial charge in [-0.25, -0.2) is 0 Å². The minimum atomic E-state index is -2.26. The number of benzene rings is 1. The van der Waals surface area contributed by atoms with Crippen molar-refractivity contribution in [3.05, 3.63) is 23.3 Å². The first-order valence-electron chi connectivity index (χ1n) is 12.4. The number of amides is 1. The van der Waals surface area contributed by atoms with E-state index < -0.39 is 22.7 Å². The predicted molar refractivity (Wildman–Crippen MR) is 145 cm³/mol. The Morgan fingerprint density at radius 2 is 1.36 bits per heavy atom. The molecular formula is C26H49NO4Si2. The van der Waals surface area contributed by atoms with E-state index in [4.69, 9.17) is 8.85 Å². The fraction of sp³-hybridized carbons (Fsp3) is 0.731. The van der Waals surface area contributed by atoms with Gasteiger partial charge in [-0.3, -0.25) is 4.79 Å². The zero-order valence-corrected chi connectivity index (χ0v) is 25.5. The normalized spacial score (nSPS) is 14.1. The minimum absolute atomic E-state index is 0.0205. The first-order valence-corrected chi connectivity index (χ1v) is 18.2. The summed E-state index contributed by atoms with van der Waals surface area (Å²) in [6.45, 7) is 29.0. The van der Waals surface area contributed by atoms with Crippen molar-refractivity contribution in [1.82, 2.24) is 4.90 Å². The van der Waals surface area contributed by atoms with Crippen LogP contribution in [0.25, 0.3) is 0 Å². The zero-order valence-electron chi connectivity index (χ0n) is 23.5. The largest absolute Gasteiger partial charge is 0.543 e. The Labute approximate surface area is 205 Å². The molecule has 190 valence electrons. The van der Waals surface area contributed by atoms with Crippen LogP contribution in [0.15, 0.2) is 12.1 Å². The number of aliphatic hydroxyl groups is 1. The van der Waals surface area contributed by atoms with Crippen LogP contribution in [-0.4, -0.2) is 45.6 Å². The molecule has 0 aliphatic rings. The van der Waals surface area contributed by atoms with E-state index >= 15 is 0 Å². The fourth-order valence-corrected chi connectivity index (χ4v) is 5.04. The molecule has 0 aliphatic carbocycles. The molecule has 0 heterocycles. The SMILES string of the molecule is CC[C@@H](O)c1cc(O[Si](C)(C)C(C)(C)C)cc(O[Si](C)(C)C(C)(C)C)c1C(=O)N(CC)CC. The Kier molecular flexibility index (Phi) is 9.48. The molecule has 1 amide bonds. The molecule has 1 aromatic rings. The molecule has 0 aliphatic heterocycles. The Balaban J connectivity index is 3.88. The Morgan fingerprint density at radius 1 is 0.909 bits per heavy atom. The van der Waals surface area contributed by atoms with Gasteiger partial charge in [0.2, 0.25) is 8.32 Å². The third kappa shape index (κ3) is 6.86. The maximum Gasteiger partial charge on any atom is 0.257 e. The van der Waals surface area contributed by atoms with Crippen LogP contribution < -0.4 is 8.85 Å². The fourth-order valence-electron chi connectivity index (χ4n) is 3.01. The molecule has 7 heteroatoms. The van der Waals surface area contributed by atoms with Crippen molar-refractivity contribution in [2.24, 2.45) is 0 Å². The van der Waals surface area contributed by atoms with Gasteiger partial charge in [0, 0.05) is 24.7 Å². The van der Waals surface area contributed by atoms with E-state index in [1.807, 2.05) is 32.9 Å². The summed E-state index contributed by atoms with van der Waals surface area (Å²) in [5.74, 6) is 1.11. The van der Waals surface area contributed by atoms with Crippen molar-refractivity contribution >= 4 is 22.5 Å². The summed E-state index contributed by atoms with van der Waals surface area (Å²) in [5, 5.41) is 11.0. The van der Waals surface area contributed by atoms with Gasteiger partial charge in [0.05, 0.1) is 11.7 Å². The van der Waals surface area contributed by atoms with E-state index in [9.17, 15) is 9.90 Å². The lowest BCUT2D eigenvalue weighted by Crippen LogP contribution is -2.45. The summed E-state index contributed by atoms with van der Waals surface area (Å²) in [5.41, 5.74) is 1.07. The van der Waals surface area contributed by atoms with Gasteiger partial charge < -0.3 is 18.9 Å². The summed E-state index contributed by atoms with van der Waals surface area (Å²) in [6, 6.07) is 3.76. The molecule has 5 nitrogen and oxygen atoms in total. The average molecular weight is 496 g/mol. The highest BCUT2D eigenvalue weighted by Gasteiger charge is 2.42. The number of carbonyl (C=O) groups excluding carboxylic acids is 1. The summed E-state index contributed by atoms with van der Waals surface area (Å²) in [4.78, 5) is 15.5. The minimum Gasteiger partial charge on any atom is -0.543 e. The standard InChI is InChI=1S/C26H49NO4Si2/c1-14-21(28)20-17-19(30-32(10,11)25(4,5)6)18-22(31-33(12,13)26(7,8)9)23(20)24(29)27(15-2)16-3/h17-18,21,28H,14-16H2,1-13H3/t21-/m1/s1. The van der Waals surface area contributed by atoms with Crippen molar-refractivity contribution in [2.75, 3.05) is 13.1 Å². The molecule has 1 aromatic carbocycles. The molecule has 0 aromatic heterocycles. The lowest BCUT2D eigenvalue weighted by molar-refractivity contribution is 0.0762. The molecule has 0 saturated heterocycles. The average Bonchev–Trinajstić information content (AvgIpc) is 2.65. The van der Waals surface area contributed by atoms with Crippen LogP contribution in [0.1, 0.15) is 90.8 Å². The van der Waals surface area contributed by atoms with Crippen molar-refractivity contribution in [1.29, 1.82) is 0 Å². The van der Waals surface area contributed by atoms with Crippen molar-refractivity contribution in [3.63, 3.8) is 0 Å². The molecule has 0 radical (unpaired) electrons. The molecule has 1 atom stereocenters. The predicted octanol–water partition coefficient (Wildman–Crippen LogP) is 7.38. The Morgan fingerprint density at radius 3 is 1.76 bits per heavy atom. The van der Waals surface area contributed by atoms with Crippen molar-refractivity contribution in [3.8, 4) is 11.5 Å². The molecule has 0 fully saturated rings. The number of rotatable bonds is 9. The molecule has 1 N–H and O–H groups in total. The highest BCUT2D eigenvalue weighted by atomic mass is 28.4. The number of hydrogen-bond donors (Lipinski definition) is 1. The van der Waals surface area contributed by atoms with Gasteiger partial charge in [-0.1, -0.05) is 48.5 Å². The zero-order chi connectivity index (χ0) is 26.0. The number of nitrogens with zero attached hydrogens (tertiary/aromatic N) is 1.